The zero-order valence-corrected chi connectivity index (χ0v) is 14.4. The molecule has 9 N–H and O–H groups in total. The van der Waals surface area contributed by atoms with Crippen LogP contribution in [0.4, 0.5) is 0 Å². The molecule has 1 saturated heterocycles. The highest BCUT2D eigenvalue weighted by Gasteiger charge is 2.45. The van der Waals surface area contributed by atoms with E-state index in [-0.39, 0.29) is 31.8 Å². The van der Waals surface area contributed by atoms with Crippen molar-refractivity contribution in [1.29, 1.82) is 0 Å². The predicted molar refractivity (Wildman–Crippen MR) is 87.7 cm³/mol. The van der Waals surface area contributed by atoms with Crippen LogP contribution in [0.1, 0.15) is 29.7 Å². The van der Waals surface area contributed by atoms with Gasteiger partial charge in [-0.05, 0) is 12.8 Å². The van der Waals surface area contributed by atoms with Gasteiger partial charge in [0.05, 0.1) is 6.10 Å². The standard InChI is InChI=1S/C14H24N6O7/c15-3-6(21)1-2-7(16)14(25)26-4-8-9(22)10(23)13(27-8)20-5-18-12(19-20)11(17)24/h5-10,13,21-23H,1-4,15-16H2,(H2,17,24)/t6-,7+,8+,9+,10+,13+/m0/s1. The Hall–Kier alpha value is -2.16. The van der Waals surface area contributed by atoms with E-state index in [0.717, 1.165) is 11.0 Å². The first kappa shape index (κ1) is 21.1. The molecule has 0 aliphatic carbocycles. The monoisotopic (exact) mass is 388 g/mol. The molecule has 27 heavy (non-hydrogen) atoms. The van der Waals surface area contributed by atoms with Gasteiger partial charge >= 0.3 is 5.97 Å². The summed E-state index contributed by atoms with van der Waals surface area (Å²) in [6.07, 6.45) is -4.18. The number of hydrogen-bond donors (Lipinski definition) is 6. The minimum absolute atomic E-state index is 0.0584. The van der Waals surface area contributed by atoms with Gasteiger partial charge in [0, 0.05) is 6.54 Å². The first-order chi connectivity index (χ1) is 12.7. The Labute approximate surface area is 154 Å². The fourth-order valence-corrected chi connectivity index (χ4v) is 2.47. The molecule has 6 atom stereocenters. The minimum Gasteiger partial charge on any atom is -0.462 e. The second kappa shape index (κ2) is 9.16. The molecule has 1 aliphatic heterocycles. The van der Waals surface area contributed by atoms with E-state index in [1.165, 1.54) is 0 Å². The summed E-state index contributed by atoms with van der Waals surface area (Å²) in [4.78, 5) is 26.6. The number of primary amides is 1. The molecule has 0 spiro atoms. The van der Waals surface area contributed by atoms with Crippen LogP contribution < -0.4 is 17.2 Å². The third kappa shape index (κ3) is 5.18. The molecule has 0 radical (unpaired) electrons. The maximum absolute atomic E-state index is 11.9. The van der Waals surface area contributed by atoms with E-state index in [2.05, 4.69) is 10.1 Å². The molecule has 0 saturated carbocycles. The quantitative estimate of drug-likeness (QED) is 0.223. The first-order valence-electron chi connectivity index (χ1n) is 8.27. The van der Waals surface area contributed by atoms with Crippen LogP contribution >= 0.6 is 0 Å². The number of carbonyl (C=O) groups excluding carboxylic acids is 2. The van der Waals surface area contributed by atoms with Gasteiger partial charge < -0.3 is 42.0 Å². The van der Waals surface area contributed by atoms with E-state index >= 15 is 0 Å². The number of ether oxygens (including phenoxy) is 2. The molecule has 1 fully saturated rings. The average Bonchev–Trinajstić information content (AvgIpc) is 3.24. The number of rotatable bonds is 9. The third-order valence-corrected chi connectivity index (χ3v) is 4.10. The number of hydrogen-bond acceptors (Lipinski definition) is 11. The number of esters is 1. The molecule has 2 heterocycles. The molecular formula is C14H24N6O7. The van der Waals surface area contributed by atoms with Crippen molar-refractivity contribution < 1.29 is 34.4 Å². The van der Waals surface area contributed by atoms with Gasteiger partial charge in [-0.25, -0.2) is 9.67 Å². The van der Waals surface area contributed by atoms with Crippen molar-refractivity contribution in [3.8, 4) is 0 Å². The normalized spacial score (nSPS) is 27.3. The van der Waals surface area contributed by atoms with Gasteiger partial charge in [0.15, 0.2) is 6.23 Å². The van der Waals surface area contributed by atoms with Crippen LogP contribution in [-0.4, -0.2) is 85.6 Å². The molecule has 1 aromatic rings. The van der Waals surface area contributed by atoms with Crippen molar-refractivity contribution in [1.82, 2.24) is 14.8 Å². The van der Waals surface area contributed by atoms with Crippen LogP contribution in [0.2, 0.25) is 0 Å². The molecule has 152 valence electrons. The summed E-state index contributed by atoms with van der Waals surface area (Å²) in [5, 5.41) is 33.3. The molecule has 0 unspecified atom stereocenters. The van der Waals surface area contributed by atoms with E-state index < -0.39 is 48.6 Å². The van der Waals surface area contributed by atoms with Crippen molar-refractivity contribution in [2.24, 2.45) is 17.2 Å². The number of carbonyl (C=O) groups is 2. The summed E-state index contributed by atoms with van der Waals surface area (Å²) >= 11 is 0. The molecule has 0 aromatic carbocycles. The highest BCUT2D eigenvalue weighted by molar-refractivity contribution is 5.88. The summed E-state index contributed by atoms with van der Waals surface area (Å²) in [6, 6.07) is -0.973. The van der Waals surface area contributed by atoms with Gasteiger partial charge in [0.25, 0.3) is 5.91 Å². The number of amides is 1. The maximum Gasteiger partial charge on any atom is 0.323 e. The lowest BCUT2D eigenvalue weighted by Crippen LogP contribution is -2.38. The Kier molecular flexibility index (Phi) is 7.18. The Morgan fingerprint density at radius 2 is 2.04 bits per heavy atom. The van der Waals surface area contributed by atoms with Crippen molar-refractivity contribution in [3.63, 3.8) is 0 Å². The number of aliphatic hydroxyl groups excluding tert-OH is 3. The molecular weight excluding hydrogens is 364 g/mol. The second-order valence-electron chi connectivity index (χ2n) is 6.16. The van der Waals surface area contributed by atoms with Crippen LogP contribution in [-0.2, 0) is 14.3 Å². The zero-order chi connectivity index (χ0) is 20.1. The molecule has 1 aromatic heterocycles. The molecule has 1 aliphatic rings. The van der Waals surface area contributed by atoms with Crippen molar-refractivity contribution >= 4 is 11.9 Å². The van der Waals surface area contributed by atoms with Gasteiger partial charge in [-0.1, -0.05) is 0 Å². The van der Waals surface area contributed by atoms with Crippen LogP contribution in [0.3, 0.4) is 0 Å². The fraction of sp³-hybridized carbons (Fsp3) is 0.714. The first-order valence-corrected chi connectivity index (χ1v) is 8.27. The maximum atomic E-state index is 11.9. The fourth-order valence-electron chi connectivity index (χ4n) is 2.47. The van der Waals surface area contributed by atoms with Crippen LogP contribution in [0.25, 0.3) is 0 Å². The van der Waals surface area contributed by atoms with Crippen LogP contribution in [0, 0.1) is 0 Å². The van der Waals surface area contributed by atoms with Gasteiger partial charge in [-0.2, -0.15) is 0 Å². The molecule has 0 bridgehead atoms. The van der Waals surface area contributed by atoms with Crippen LogP contribution in [0.15, 0.2) is 6.33 Å². The molecule has 13 heteroatoms. The molecule has 2 rings (SSSR count). The zero-order valence-electron chi connectivity index (χ0n) is 14.4. The van der Waals surface area contributed by atoms with Crippen LogP contribution in [0.5, 0.6) is 0 Å². The van der Waals surface area contributed by atoms with E-state index in [9.17, 15) is 24.9 Å². The summed E-state index contributed by atoms with van der Waals surface area (Å²) in [6.45, 7) is -0.305. The second-order valence-corrected chi connectivity index (χ2v) is 6.16. The Morgan fingerprint density at radius 1 is 1.33 bits per heavy atom. The average molecular weight is 388 g/mol. The highest BCUT2D eigenvalue weighted by Crippen LogP contribution is 2.29. The Bertz CT molecular complexity index is 656. The largest absolute Gasteiger partial charge is 0.462 e. The van der Waals surface area contributed by atoms with Crippen molar-refractivity contribution in [2.45, 2.75) is 49.5 Å². The highest BCUT2D eigenvalue weighted by atomic mass is 16.6. The lowest BCUT2D eigenvalue weighted by molar-refractivity contribution is -0.152. The number of aliphatic hydroxyl groups is 3. The van der Waals surface area contributed by atoms with E-state index in [0.29, 0.717) is 0 Å². The number of aromatic nitrogens is 3. The Balaban J connectivity index is 1.88. The molecule has 13 nitrogen and oxygen atoms in total. The van der Waals surface area contributed by atoms with Gasteiger partial charge in [0.1, 0.15) is 37.3 Å². The van der Waals surface area contributed by atoms with Gasteiger partial charge in [-0.3, -0.25) is 9.59 Å². The summed E-state index contributed by atoms with van der Waals surface area (Å²) in [5.74, 6) is -1.88. The van der Waals surface area contributed by atoms with Gasteiger partial charge in [0.2, 0.25) is 5.82 Å². The summed E-state index contributed by atoms with van der Waals surface area (Å²) in [5.41, 5.74) is 16.0. The number of nitrogens with two attached hydrogens (primary N) is 3. The summed E-state index contributed by atoms with van der Waals surface area (Å²) in [7, 11) is 0. The summed E-state index contributed by atoms with van der Waals surface area (Å²) < 4.78 is 11.5. The lowest BCUT2D eigenvalue weighted by atomic mass is 10.1. The van der Waals surface area contributed by atoms with E-state index in [1.807, 2.05) is 0 Å². The number of nitrogens with zero attached hydrogens (tertiary/aromatic N) is 3. The smallest absolute Gasteiger partial charge is 0.323 e. The van der Waals surface area contributed by atoms with Gasteiger partial charge in [-0.15, -0.1) is 5.10 Å². The van der Waals surface area contributed by atoms with E-state index in [4.69, 9.17) is 26.7 Å². The minimum atomic E-state index is -1.40. The topological polar surface area (TPSA) is 222 Å². The van der Waals surface area contributed by atoms with Crippen molar-refractivity contribution in [3.05, 3.63) is 12.2 Å². The molecule has 1 amide bonds. The third-order valence-electron chi connectivity index (χ3n) is 4.10. The SMILES string of the molecule is NC[C@@H](O)CC[C@@H](N)C(=O)OC[C@H]1O[C@@H](n2cnc(C(N)=O)n2)[C@H](O)[C@@H]1O. The predicted octanol–water partition coefficient (Wildman–Crippen LogP) is -4.03. The van der Waals surface area contributed by atoms with Crippen molar-refractivity contribution in [2.75, 3.05) is 13.2 Å². The van der Waals surface area contributed by atoms with E-state index in [1.54, 1.807) is 0 Å². The Morgan fingerprint density at radius 3 is 2.63 bits per heavy atom. The lowest BCUT2D eigenvalue weighted by Gasteiger charge is -2.17.